The maximum Gasteiger partial charge on any atom is 0.210 e. The Morgan fingerprint density at radius 3 is 2.40 bits per heavy atom. The molecule has 382 valence electrons. The molecular formula is C57H70FN7O6S. The highest BCUT2D eigenvalue weighted by Gasteiger charge is 2.50. The fourth-order valence-corrected chi connectivity index (χ4v) is 13.4. The minimum Gasteiger partial charge on any atom is -0.493 e. The number of halogens is 1. The van der Waals surface area contributed by atoms with Gasteiger partial charge in [0.05, 0.1) is 47.7 Å². The largest absolute Gasteiger partial charge is 0.493 e. The summed E-state index contributed by atoms with van der Waals surface area (Å²) in [6, 6.07) is 27.6. The van der Waals surface area contributed by atoms with Gasteiger partial charge in [0.15, 0.2) is 11.5 Å². The molecule has 6 aromatic rings. The third-order valence-corrected chi connectivity index (χ3v) is 18.1. The summed E-state index contributed by atoms with van der Waals surface area (Å²) in [7, 11) is -0.792. The van der Waals surface area contributed by atoms with Crippen LogP contribution in [0.25, 0.3) is 11.0 Å². The summed E-state index contributed by atoms with van der Waals surface area (Å²) in [6.45, 7) is 12.6. The van der Waals surface area contributed by atoms with Crippen molar-refractivity contribution < 1.29 is 32.1 Å². The van der Waals surface area contributed by atoms with Crippen molar-refractivity contribution in [1.29, 1.82) is 0 Å². The molecule has 1 atom stereocenters. The SMILES string of the molecule is COc1ccc(CN2CCN(C3CC4(CCN(c5ccc(S(=O)(=O)c6ccc(NCC7CCC(C)(O)CC7)c(N)c6)c(Oc6cnc7[nH]cc(F)c7c6)c5)CC4)C3)[C@H](c3ccccc3C(C)C)C2)cc1OC. The molecule has 0 amide bonds. The van der Waals surface area contributed by atoms with Crippen LogP contribution in [0.3, 0.4) is 0 Å². The highest BCUT2D eigenvalue weighted by molar-refractivity contribution is 7.91. The molecular weight excluding hydrogens is 930 g/mol. The zero-order chi connectivity index (χ0) is 50.4. The summed E-state index contributed by atoms with van der Waals surface area (Å²) in [5.74, 6) is 2.15. The number of piperidine rings is 1. The van der Waals surface area contributed by atoms with Crippen LogP contribution in [0.15, 0.2) is 107 Å². The monoisotopic (exact) mass is 1000 g/mol. The third kappa shape index (κ3) is 10.2. The van der Waals surface area contributed by atoms with Gasteiger partial charge in [0.2, 0.25) is 9.84 Å². The van der Waals surface area contributed by atoms with Gasteiger partial charge in [0.1, 0.15) is 27.9 Å². The maximum absolute atomic E-state index is 14.8. The summed E-state index contributed by atoms with van der Waals surface area (Å²) in [5.41, 5.74) is 12.4. The van der Waals surface area contributed by atoms with Crippen LogP contribution < -0.4 is 30.2 Å². The number of anilines is 3. The third-order valence-electron chi connectivity index (χ3n) is 16.3. The molecule has 4 aliphatic rings. The molecule has 4 aromatic carbocycles. The molecule has 0 bridgehead atoms. The van der Waals surface area contributed by atoms with Gasteiger partial charge < -0.3 is 40.3 Å². The molecule has 0 radical (unpaired) electrons. The standard InChI is InChI=1S/C57H70FN7O6S/c1-37(2)44-8-6-7-9-45(44)50-36-63(35-39-10-14-51(69-4)52(26-39)70-5)24-25-65(50)41-30-57(31-41)20-22-64(23-21-57)40-11-15-54(53(27-40)71-42-28-46-47(58)34-62-55(46)61-33-42)72(67,68)43-12-13-49(48(59)29-43)60-32-38-16-18-56(3,66)19-17-38/h6-15,26-29,33-34,37-38,41,50,60,66H,16-25,30-32,35-36,59H2,1-5H3,(H,61,62)/t38?,50-,56?/m0/s1. The van der Waals surface area contributed by atoms with Crippen LogP contribution in [-0.2, 0) is 16.4 Å². The number of piperazine rings is 1. The number of rotatable bonds is 15. The first-order valence-corrected chi connectivity index (χ1v) is 27.2. The number of benzene rings is 4. The Labute approximate surface area is 423 Å². The van der Waals surface area contributed by atoms with Gasteiger partial charge in [-0.25, -0.2) is 17.8 Å². The van der Waals surface area contributed by atoms with Crippen molar-refractivity contribution in [2.75, 3.05) is 69.4 Å². The molecule has 5 N–H and O–H groups in total. The highest BCUT2D eigenvalue weighted by atomic mass is 32.2. The lowest BCUT2D eigenvalue weighted by Gasteiger charge is -2.58. The normalized spacial score (nSPS) is 22.0. The van der Waals surface area contributed by atoms with Crippen LogP contribution in [0.5, 0.6) is 23.0 Å². The van der Waals surface area contributed by atoms with Crippen LogP contribution >= 0.6 is 0 Å². The van der Waals surface area contributed by atoms with Crippen molar-refractivity contribution in [1.82, 2.24) is 19.8 Å². The van der Waals surface area contributed by atoms with E-state index in [4.69, 9.17) is 19.9 Å². The van der Waals surface area contributed by atoms with E-state index in [0.717, 1.165) is 108 Å². The summed E-state index contributed by atoms with van der Waals surface area (Å²) in [6.07, 6.45) is 10.4. The predicted molar refractivity (Wildman–Crippen MR) is 282 cm³/mol. The number of ether oxygens (including phenoxy) is 3. The molecule has 2 saturated carbocycles. The van der Waals surface area contributed by atoms with E-state index in [1.54, 1.807) is 38.5 Å². The van der Waals surface area contributed by atoms with E-state index in [1.165, 1.54) is 41.2 Å². The number of nitrogens with one attached hydrogen (secondary N) is 2. The molecule has 4 heterocycles. The van der Waals surface area contributed by atoms with Gasteiger partial charge in [-0.05, 0) is 141 Å². The van der Waals surface area contributed by atoms with Gasteiger partial charge in [-0.1, -0.05) is 44.2 Å². The Bertz CT molecular complexity index is 3010. The summed E-state index contributed by atoms with van der Waals surface area (Å²) in [4.78, 5) is 14.9. The maximum atomic E-state index is 14.8. The first-order chi connectivity index (χ1) is 34.6. The van der Waals surface area contributed by atoms with Crippen LogP contribution in [-0.4, -0.2) is 98.4 Å². The van der Waals surface area contributed by atoms with E-state index in [2.05, 4.69) is 80.2 Å². The molecule has 2 aliphatic heterocycles. The second kappa shape index (κ2) is 20.2. The number of methoxy groups -OCH3 is 2. The number of hydrogen-bond acceptors (Lipinski definition) is 12. The number of fused-ring (bicyclic) bond motifs is 1. The smallest absolute Gasteiger partial charge is 0.210 e. The second-order valence-corrected chi connectivity index (χ2v) is 23.4. The summed E-state index contributed by atoms with van der Waals surface area (Å²) < 4.78 is 61.5. The lowest BCUT2D eigenvalue weighted by molar-refractivity contribution is -0.0628. The van der Waals surface area contributed by atoms with Crippen molar-refractivity contribution in [2.45, 2.75) is 112 Å². The van der Waals surface area contributed by atoms with Crippen LogP contribution in [0.2, 0.25) is 0 Å². The Morgan fingerprint density at radius 1 is 0.903 bits per heavy atom. The number of aliphatic hydroxyl groups is 1. The number of hydrogen-bond donors (Lipinski definition) is 4. The van der Waals surface area contributed by atoms with Gasteiger partial charge in [-0.15, -0.1) is 0 Å². The molecule has 1 spiro atoms. The molecule has 2 aliphatic carbocycles. The van der Waals surface area contributed by atoms with Crippen LogP contribution in [0.1, 0.15) is 101 Å². The van der Waals surface area contributed by atoms with Gasteiger partial charge in [0, 0.05) is 75.8 Å². The fraction of sp³-hybridized carbons (Fsp3) is 0.456. The first-order valence-electron chi connectivity index (χ1n) is 25.7. The molecule has 13 nitrogen and oxygen atoms in total. The number of nitrogen functional groups attached to an aromatic ring is 1. The highest BCUT2D eigenvalue weighted by Crippen LogP contribution is 2.54. The number of nitrogens with zero attached hydrogens (tertiary/aromatic N) is 4. The Kier molecular flexibility index (Phi) is 13.9. The lowest BCUT2D eigenvalue weighted by atomic mass is 9.59. The zero-order valence-electron chi connectivity index (χ0n) is 42.3. The van der Waals surface area contributed by atoms with Crippen molar-refractivity contribution in [3.8, 4) is 23.0 Å². The van der Waals surface area contributed by atoms with Crippen LogP contribution in [0, 0.1) is 17.2 Å². The number of aromatic amines is 1. The Balaban J connectivity index is 0.848. The van der Waals surface area contributed by atoms with Crippen LogP contribution in [0.4, 0.5) is 21.5 Å². The van der Waals surface area contributed by atoms with E-state index >= 15 is 0 Å². The van der Waals surface area contributed by atoms with E-state index in [9.17, 15) is 17.9 Å². The van der Waals surface area contributed by atoms with Crippen molar-refractivity contribution >= 4 is 37.9 Å². The molecule has 2 aromatic heterocycles. The zero-order valence-corrected chi connectivity index (χ0v) is 43.1. The number of nitrogens with two attached hydrogens (primary N) is 1. The van der Waals surface area contributed by atoms with Gasteiger partial charge in [-0.3, -0.25) is 9.80 Å². The minimum absolute atomic E-state index is 0.0250. The first kappa shape index (κ1) is 49.7. The van der Waals surface area contributed by atoms with Gasteiger partial charge in [-0.2, -0.15) is 0 Å². The molecule has 2 saturated heterocycles. The van der Waals surface area contributed by atoms with E-state index in [1.807, 2.05) is 19.1 Å². The molecule has 4 fully saturated rings. The number of H-pyrrole nitrogens is 1. The average Bonchev–Trinajstić information content (AvgIpc) is 3.74. The van der Waals surface area contributed by atoms with E-state index in [0.29, 0.717) is 41.4 Å². The van der Waals surface area contributed by atoms with E-state index in [-0.39, 0.29) is 38.1 Å². The summed E-state index contributed by atoms with van der Waals surface area (Å²) in [5, 5.41) is 14.1. The number of pyridine rings is 1. The Morgan fingerprint density at radius 2 is 1.67 bits per heavy atom. The minimum atomic E-state index is -4.15. The number of sulfone groups is 1. The molecule has 10 rings (SSSR count). The Hall–Kier alpha value is -5.87. The summed E-state index contributed by atoms with van der Waals surface area (Å²) >= 11 is 0. The lowest BCUT2D eigenvalue weighted by Crippen LogP contribution is -2.60. The van der Waals surface area contributed by atoms with E-state index < -0.39 is 21.3 Å². The van der Waals surface area contributed by atoms with Crippen molar-refractivity contribution in [3.05, 3.63) is 120 Å². The molecule has 15 heteroatoms. The van der Waals surface area contributed by atoms with Crippen molar-refractivity contribution in [3.63, 3.8) is 0 Å². The number of aromatic nitrogens is 2. The molecule has 0 unspecified atom stereocenters. The topological polar surface area (TPSA) is 159 Å². The fourth-order valence-electron chi connectivity index (χ4n) is 12.0. The van der Waals surface area contributed by atoms with Gasteiger partial charge >= 0.3 is 0 Å². The quantitative estimate of drug-likeness (QED) is 0.0723. The average molecular weight is 1000 g/mol. The van der Waals surface area contributed by atoms with Gasteiger partial charge in [0.25, 0.3) is 0 Å². The second-order valence-electron chi connectivity index (χ2n) is 21.5. The predicted octanol–water partition coefficient (Wildman–Crippen LogP) is 10.7. The van der Waals surface area contributed by atoms with Crippen molar-refractivity contribution in [2.24, 2.45) is 11.3 Å². The molecule has 72 heavy (non-hydrogen) atoms.